The fraction of sp³-hybridized carbons (Fsp3) is 0.286. The summed E-state index contributed by atoms with van der Waals surface area (Å²) >= 11 is 0. The van der Waals surface area contributed by atoms with E-state index in [9.17, 15) is 14.7 Å². The van der Waals surface area contributed by atoms with Crippen molar-refractivity contribution in [3.05, 3.63) is 54.4 Å². The van der Waals surface area contributed by atoms with Gasteiger partial charge in [-0.05, 0) is 49.2 Å². The smallest absolute Gasteiger partial charge is 0.331 e. The van der Waals surface area contributed by atoms with Gasteiger partial charge in [-0.3, -0.25) is 9.48 Å². The molecule has 3 rings (SSSR count). The maximum absolute atomic E-state index is 12.7. The van der Waals surface area contributed by atoms with Gasteiger partial charge in [0.15, 0.2) is 5.54 Å². The third-order valence-electron chi connectivity index (χ3n) is 4.91. The first-order valence-corrected chi connectivity index (χ1v) is 8.89. The van der Waals surface area contributed by atoms with Crippen molar-refractivity contribution in [3.8, 4) is 5.75 Å². The lowest BCUT2D eigenvalue weighted by Crippen LogP contribution is -2.35. The minimum Gasteiger partial charge on any atom is -0.497 e. The second-order valence-electron chi connectivity index (χ2n) is 7.22. The lowest BCUT2D eigenvalue weighted by molar-refractivity contribution is -0.146. The molecule has 0 bridgehead atoms. The Morgan fingerprint density at radius 2 is 1.86 bits per heavy atom. The number of anilines is 1. The van der Waals surface area contributed by atoms with Gasteiger partial charge in [0.2, 0.25) is 5.91 Å². The van der Waals surface area contributed by atoms with Crippen LogP contribution in [0.25, 0.3) is 10.8 Å². The third kappa shape index (κ3) is 3.69. The molecule has 0 aliphatic rings. The Balaban J connectivity index is 1.77. The Bertz CT molecular complexity index is 1040. The SMILES string of the molecule is COc1ccc2cc([C@H](C)C(=O)Nc3cnn(C(C)(C)C(=O)O)c3)ccc2c1. The summed E-state index contributed by atoms with van der Waals surface area (Å²) in [5, 5.41) is 18.2. The molecule has 0 spiro atoms. The Kier molecular flexibility index (Phi) is 5.09. The number of carbonyl (C=O) groups excluding carboxylic acids is 1. The Hall–Kier alpha value is -3.35. The fourth-order valence-electron chi connectivity index (χ4n) is 2.83. The summed E-state index contributed by atoms with van der Waals surface area (Å²) in [7, 11) is 1.63. The first-order chi connectivity index (χ1) is 13.2. The zero-order chi connectivity index (χ0) is 20.5. The van der Waals surface area contributed by atoms with Crippen LogP contribution in [-0.4, -0.2) is 33.9 Å². The van der Waals surface area contributed by atoms with Gasteiger partial charge in [0.05, 0.1) is 24.9 Å². The Labute approximate surface area is 162 Å². The van der Waals surface area contributed by atoms with Crippen LogP contribution in [0.15, 0.2) is 48.8 Å². The number of benzene rings is 2. The average molecular weight is 381 g/mol. The largest absolute Gasteiger partial charge is 0.497 e. The number of ether oxygens (including phenoxy) is 1. The van der Waals surface area contributed by atoms with Crippen LogP contribution in [-0.2, 0) is 15.1 Å². The van der Waals surface area contributed by atoms with Crippen LogP contribution in [0.4, 0.5) is 5.69 Å². The van der Waals surface area contributed by atoms with Gasteiger partial charge in [0, 0.05) is 6.20 Å². The highest BCUT2D eigenvalue weighted by Gasteiger charge is 2.30. The molecule has 0 radical (unpaired) electrons. The normalized spacial score (nSPS) is 12.6. The molecule has 2 aromatic carbocycles. The molecular weight excluding hydrogens is 358 g/mol. The molecule has 146 valence electrons. The van der Waals surface area contributed by atoms with Gasteiger partial charge in [-0.2, -0.15) is 5.10 Å². The molecule has 3 aromatic rings. The number of aromatic nitrogens is 2. The van der Waals surface area contributed by atoms with Crippen LogP contribution in [0.1, 0.15) is 32.3 Å². The molecule has 1 atom stereocenters. The number of rotatable bonds is 6. The second-order valence-corrected chi connectivity index (χ2v) is 7.22. The average Bonchev–Trinajstić information content (AvgIpc) is 3.15. The molecule has 1 aromatic heterocycles. The molecule has 0 saturated carbocycles. The summed E-state index contributed by atoms with van der Waals surface area (Å²) < 4.78 is 6.55. The number of nitrogens with one attached hydrogen (secondary N) is 1. The summed E-state index contributed by atoms with van der Waals surface area (Å²) in [6.45, 7) is 4.91. The molecule has 0 fully saturated rings. The van der Waals surface area contributed by atoms with Gasteiger partial charge in [-0.15, -0.1) is 0 Å². The minimum absolute atomic E-state index is 0.194. The van der Waals surface area contributed by atoms with E-state index in [1.807, 2.05) is 43.3 Å². The minimum atomic E-state index is -1.20. The van der Waals surface area contributed by atoms with Gasteiger partial charge >= 0.3 is 5.97 Å². The predicted molar refractivity (Wildman–Crippen MR) is 107 cm³/mol. The monoisotopic (exact) mass is 381 g/mol. The topological polar surface area (TPSA) is 93.5 Å². The van der Waals surface area contributed by atoms with Gasteiger partial charge in [-0.1, -0.05) is 24.3 Å². The number of hydrogen-bond acceptors (Lipinski definition) is 4. The van der Waals surface area contributed by atoms with E-state index >= 15 is 0 Å². The molecule has 2 N–H and O–H groups in total. The van der Waals surface area contributed by atoms with Crippen molar-refractivity contribution < 1.29 is 19.4 Å². The highest BCUT2D eigenvalue weighted by atomic mass is 16.5. The highest BCUT2D eigenvalue weighted by Crippen LogP contribution is 2.26. The van der Waals surface area contributed by atoms with Crippen LogP contribution in [0.2, 0.25) is 0 Å². The molecule has 0 unspecified atom stereocenters. The van der Waals surface area contributed by atoms with Crippen LogP contribution < -0.4 is 10.1 Å². The van der Waals surface area contributed by atoms with E-state index in [0.29, 0.717) is 5.69 Å². The van der Waals surface area contributed by atoms with Crippen LogP contribution in [0, 0.1) is 0 Å². The second kappa shape index (κ2) is 7.34. The van der Waals surface area contributed by atoms with Crippen molar-refractivity contribution in [2.45, 2.75) is 32.2 Å². The van der Waals surface area contributed by atoms with Crippen molar-refractivity contribution in [1.29, 1.82) is 0 Å². The summed E-state index contributed by atoms with van der Waals surface area (Å²) in [6.07, 6.45) is 2.97. The molecule has 0 aliphatic carbocycles. The summed E-state index contributed by atoms with van der Waals surface area (Å²) in [4.78, 5) is 24.0. The number of carbonyl (C=O) groups is 2. The van der Waals surface area contributed by atoms with E-state index in [0.717, 1.165) is 22.1 Å². The summed E-state index contributed by atoms with van der Waals surface area (Å²) in [5.41, 5.74) is 0.138. The van der Waals surface area contributed by atoms with E-state index in [-0.39, 0.29) is 11.8 Å². The van der Waals surface area contributed by atoms with Crippen molar-refractivity contribution in [2.24, 2.45) is 0 Å². The number of aliphatic carboxylic acids is 1. The summed E-state index contributed by atoms with van der Waals surface area (Å²) in [5.74, 6) is -0.801. The van der Waals surface area contributed by atoms with Crippen LogP contribution >= 0.6 is 0 Å². The predicted octanol–water partition coefficient (Wildman–Crippen LogP) is 3.61. The lowest BCUT2D eigenvalue weighted by atomic mass is 9.97. The van der Waals surface area contributed by atoms with E-state index in [1.165, 1.54) is 17.1 Å². The van der Waals surface area contributed by atoms with E-state index < -0.39 is 11.5 Å². The van der Waals surface area contributed by atoms with E-state index in [2.05, 4.69) is 10.4 Å². The van der Waals surface area contributed by atoms with Crippen LogP contribution in [0.3, 0.4) is 0 Å². The number of hydrogen-bond donors (Lipinski definition) is 2. The molecule has 0 saturated heterocycles. The van der Waals surface area contributed by atoms with Crippen molar-refractivity contribution in [1.82, 2.24) is 9.78 Å². The number of fused-ring (bicyclic) bond motifs is 1. The van der Waals surface area contributed by atoms with Crippen molar-refractivity contribution >= 4 is 28.3 Å². The lowest BCUT2D eigenvalue weighted by Gasteiger charge is -2.19. The molecule has 0 aliphatic heterocycles. The van der Waals surface area contributed by atoms with E-state index in [4.69, 9.17) is 4.74 Å². The highest BCUT2D eigenvalue weighted by molar-refractivity contribution is 5.96. The quantitative estimate of drug-likeness (QED) is 0.680. The number of carboxylic acids is 1. The maximum atomic E-state index is 12.7. The van der Waals surface area contributed by atoms with Crippen molar-refractivity contribution in [2.75, 3.05) is 12.4 Å². The zero-order valence-electron chi connectivity index (χ0n) is 16.3. The molecule has 28 heavy (non-hydrogen) atoms. The number of nitrogens with zero attached hydrogens (tertiary/aromatic N) is 2. The summed E-state index contributed by atoms with van der Waals surface area (Å²) in [6, 6.07) is 11.7. The zero-order valence-corrected chi connectivity index (χ0v) is 16.3. The van der Waals surface area contributed by atoms with E-state index in [1.54, 1.807) is 21.0 Å². The fourth-order valence-corrected chi connectivity index (χ4v) is 2.83. The number of amides is 1. The number of methoxy groups -OCH3 is 1. The van der Waals surface area contributed by atoms with Crippen molar-refractivity contribution in [3.63, 3.8) is 0 Å². The first-order valence-electron chi connectivity index (χ1n) is 8.89. The Morgan fingerprint density at radius 3 is 2.54 bits per heavy atom. The number of carboxylic acid groups (broad SMARTS) is 1. The maximum Gasteiger partial charge on any atom is 0.331 e. The van der Waals surface area contributed by atoms with Gasteiger partial charge in [-0.25, -0.2) is 4.79 Å². The molecule has 1 heterocycles. The molecular formula is C21H23N3O4. The first kappa shape index (κ1) is 19.4. The van der Waals surface area contributed by atoms with Gasteiger partial charge in [0.25, 0.3) is 0 Å². The van der Waals surface area contributed by atoms with Crippen LogP contribution in [0.5, 0.6) is 5.75 Å². The molecule has 7 heteroatoms. The standard InChI is InChI=1S/C21H23N3O4/c1-13(14-5-6-16-10-18(28-4)8-7-15(16)9-14)19(25)23-17-11-22-24(12-17)21(2,3)20(26)27/h5-13H,1-4H3,(H,23,25)(H,26,27)/t13-/m0/s1. The third-order valence-corrected chi connectivity index (χ3v) is 4.91. The van der Waals surface area contributed by atoms with Gasteiger partial charge < -0.3 is 15.2 Å². The molecule has 1 amide bonds. The van der Waals surface area contributed by atoms with Gasteiger partial charge in [0.1, 0.15) is 5.75 Å². The Morgan fingerprint density at radius 1 is 1.18 bits per heavy atom. The molecule has 7 nitrogen and oxygen atoms in total.